The number of hydrogen-bond acceptors (Lipinski definition) is 5. The Morgan fingerprint density at radius 3 is 2.76 bits per heavy atom. The summed E-state index contributed by atoms with van der Waals surface area (Å²) in [4.78, 5) is 9.05. The van der Waals surface area contributed by atoms with Gasteiger partial charge in [-0.05, 0) is 12.1 Å². The largest absolute Gasteiger partial charge is 0.738 e. The molecule has 0 saturated carbocycles. The molecule has 2 rings (SSSR count). The van der Waals surface area contributed by atoms with Gasteiger partial charge in [-0.3, -0.25) is 9.87 Å². The van der Waals surface area contributed by atoms with Crippen molar-refractivity contribution in [1.29, 1.82) is 0 Å². The van der Waals surface area contributed by atoms with E-state index in [1.54, 1.807) is 18.3 Å². The molecule has 0 saturated heterocycles. The number of para-hydroxylation sites is 1. The van der Waals surface area contributed by atoms with Gasteiger partial charge in [0.2, 0.25) is 0 Å². The molecule has 1 heterocycles. The molecule has 5 nitrogen and oxygen atoms in total. The van der Waals surface area contributed by atoms with Gasteiger partial charge < -0.3 is 0 Å². The maximum atomic E-state index is 10.9. The van der Waals surface area contributed by atoms with Crippen molar-refractivity contribution in [2.24, 2.45) is 0 Å². The molecule has 0 spiro atoms. The number of aromatic nitrogens is 1. The second kappa shape index (κ2) is 7.01. The van der Waals surface area contributed by atoms with Crippen molar-refractivity contribution in [3.05, 3.63) is 36.5 Å². The smallest absolute Gasteiger partial charge is 0.289 e. The van der Waals surface area contributed by atoms with Gasteiger partial charge >= 0.3 is 8.25 Å². The summed E-state index contributed by atoms with van der Waals surface area (Å²) < 4.78 is 19.8. The van der Waals surface area contributed by atoms with Crippen LogP contribution in [0.15, 0.2) is 36.5 Å². The fourth-order valence-corrected chi connectivity index (χ4v) is 1.45. The van der Waals surface area contributed by atoms with Crippen molar-refractivity contribution >= 4 is 48.7 Å². The third kappa shape index (κ3) is 3.71. The van der Waals surface area contributed by atoms with Crippen molar-refractivity contribution < 1.29 is 18.7 Å². The minimum absolute atomic E-state index is 0. The van der Waals surface area contributed by atoms with Gasteiger partial charge in [-0.25, -0.2) is 0 Å². The summed E-state index contributed by atoms with van der Waals surface area (Å²) in [7, 11) is -0.990. The van der Waals surface area contributed by atoms with Gasteiger partial charge in [0.05, 0.1) is 7.11 Å². The molecule has 1 radical (unpaired) electrons. The Labute approximate surface area is 121 Å². The normalized spacial score (nSPS) is 10.8. The zero-order chi connectivity index (χ0) is 11.4. The summed E-state index contributed by atoms with van der Waals surface area (Å²) in [6, 6.07) is 9.08. The summed E-state index contributed by atoms with van der Waals surface area (Å²) in [5.41, 5.74) is 0.643. The quantitative estimate of drug-likeness (QED) is 0.366. The number of hydrogen-bond donors (Lipinski definition) is 0. The number of rotatable bonds is 4. The van der Waals surface area contributed by atoms with Crippen LogP contribution in [0.4, 0.5) is 0 Å². The number of benzene rings is 1. The third-order valence-electron chi connectivity index (χ3n) is 1.93. The first-order valence-electron chi connectivity index (χ1n) is 4.51. The van der Waals surface area contributed by atoms with Crippen molar-refractivity contribution in [3.8, 4) is 5.75 Å². The molecular weight excluding hydrogens is 252 g/mol. The molecule has 0 aliphatic rings. The van der Waals surface area contributed by atoms with Crippen LogP contribution in [0.5, 0.6) is 5.75 Å². The molecule has 0 aliphatic carbocycles. The Bertz CT molecular complexity index is 517. The van der Waals surface area contributed by atoms with Crippen LogP contribution in [0.3, 0.4) is 0 Å². The van der Waals surface area contributed by atoms with Crippen LogP contribution in [0, 0.1) is 0 Å². The molecule has 0 amide bonds. The first kappa shape index (κ1) is 14.5. The summed E-state index contributed by atoms with van der Waals surface area (Å²) >= 11 is 0. The van der Waals surface area contributed by atoms with E-state index >= 15 is 0 Å². The van der Waals surface area contributed by atoms with Crippen molar-refractivity contribution in [2.45, 2.75) is 0 Å². The average molecular weight is 261 g/mol. The summed E-state index contributed by atoms with van der Waals surface area (Å²) in [5.74, 6) is 0.401. The van der Waals surface area contributed by atoms with Gasteiger partial charge in [0.15, 0.2) is 5.75 Å². The molecule has 17 heavy (non-hydrogen) atoms. The Hall–Kier alpha value is -0.550. The maximum Gasteiger partial charge on any atom is 0.738 e. The van der Waals surface area contributed by atoms with Crippen LogP contribution in [0.1, 0.15) is 0 Å². The Balaban J connectivity index is 0.00000144. The van der Waals surface area contributed by atoms with Gasteiger partial charge in [-0.1, -0.05) is 18.2 Å². The Kier molecular flexibility index (Phi) is 5.98. The zero-order valence-electron chi connectivity index (χ0n) is 9.49. The molecule has 1 atom stereocenters. The SMILES string of the molecule is CO[P+](=O)OOc1cccc2cccnc12.[Na]. The Morgan fingerprint density at radius 2 is 2.00 bits per heavy atom. The average Bonchev–Trinajstić information content (AvgIpc) is 2.35. The van der Waals surface area contributed by atoms with Gasteiger partial charge in [-0.15, -0.1) is 4.52 Å². The molecule has 0 N–H and O–H groups in total. The first-order chi connectivity index (χ1) is 7.81. The molecule has 1 aromatic carbocycles. The van der Waals surface area contributed by atoms with Gasteiger partial charge in [0.1, 0.15) is 10.2 Å². The number of pyridine rings is 1. The molecule has 83 valence electrons. The standard InChI is InChI=1S/C10H9NO4P.Na/c1-13-16(12)15-14-9-6-2-4-8-5-3-7-11-10(8)9;/h2-7H,1H3;/q+1;. The van der Waals surface area contributed by atoms with Gasteiger partial charge in [0, 0.05) is 45.7 Å². The van der Waals surface area contributed by atoms with E-state index in [4.69, 9.17) is 4.89 Å². The van der Waals surface area contributed by atoms with Crippen molar-refractivity contribution in [1.82, 2.24) is 4.98 Å². The summed E-state index contributed by atoms with van der Waals surface area (Å²) in [6.07, 6.45) is 1.64. The summed E-state index contributed by atoms with van der Waals surface area (Å²) in [5, 5.41) is 0.913. The van der Waals surface area contributed by atoms with Crippen LogP contribution in [-0.2, 0) is 13.8 Å². The predicted molar refractivity (Wildman–Crippen MR) is 63.8 cm³/mol. The van der Waals surface area contributed by atoms with Crippen LogP contribution in [-0.4, -0.2) is 41.7 Å². The maximum absolute atomic E-state index is 10.9. The van der Waals surface area contributed by atoms with Gasteiger partial charge in [0.25, 0.3) is 0 Å². The van der Waals surface area contributed by atoms with E-state index in [2.05, 4.69) is 14.2 Å². The first-order valence-corrected chi connectivity index (χ1v) is 5.60. The Morgan fingerprint density at radius 1 is 1.24 bits per heavy atom. The molecule has 7 heteroatoms. The van der Waals surface area contributed by atoms with E-state index < -0.39 is 8.25 Å². The fourth-order valence-electron chi connectivity index (χ4n) is 1.24. The molecular formula is C10H9NNaO4P+. The topological polar surface area (TPSA) is 57.7 Å². The second-order valence-corrected chi connectivity index (χ2v) is 3.86. The van der Waals surface area contributed by atoms with E-state index in [1.165, 1.54) is 7.11 Å². The predicted octanol–water partition coefficient (Wildman–Crippen LogP) is 2.47. The van der Waals surface area contributed by atoms with Gasteiger partial charge in [-0.2, -0.15) is 0 Å². The van der Waals surface area contributed by atoms with Crippen molar-refractivity contribution in [3.63, 3.8) is 0 Å². The summed E-state index contributed by atoms with van der Waals surface area (Å²) in [6.45, 7) is 0. The monoisotopic (exact) mass is 261 g/mol. The molecule has 1 unspecified atom stereocenters. The molecule has 0 bridgehead atoms. The van der Waals surface area contributed by atoms with Crippen molar-refractivity contribution in [2.75, 3.05) is 7.11 Å². The molecule has 0 aliphatic heterocycles. The zero-order valence-corrected chi connectivity index (χ0v) is 12.4. The van der Waals surface area contributed by atoms with Crippen LogP contribution >= 0.6 is 8.25 Å². The van der Waals surface area contributed by atoms with E-state index in [1.807, 2.05) is 18.2 Å². The van der Waals surface area contributed by atoms with E-state index in [0.29, 0.717) is 11.3 Å². The second-order valence-electron chi connectivity index (χ2n) is 2.90. The molecule has 2 aromatic rings. The van der Waals surface area contributed by atoms with E-state index in [0.717, 1.165) is 5.39 Å². The fraction of sp³-hybridized carbons (Fsp3) is 0.100. The molecule has 0 fully saturated rings. The van der Waals surface area contributed by atoms with Crippen LogP contribution in [0.2, 0.25) is 0 Å². The minimum atomic E-state index is -2.26. The minimum Gasteiger partial charge on any atom is -0.289 e. The van der Waals surface area contributed by atoms with Crippen LogP contribution in [0.25, 0.3) is 10.9 Å². The third-order valence-corrected chi connectivity index (χ3v) is 2.43. The van der Waals surface area contributed by atoms with E-state index in [-0.39, 0.29) is 29.6 Å². The van der Waals surface area contributed by atoms with E-state index in [9.17, 15) is 4.57 Å². The number of nitrogens with zero attached hydrogens (tertiary/aromatic N) is 1. The number of fused-ring (bicyclic) bond motifs is 1. The molecule has 1 aromatic heterocycles. The van der Waals surface area contributed by atoms with Crippen LogP contribution < -0.4 is 4.89 Å².